The Balaban J connectivity index is 2.75. The SMILES string of the molecule is CC(=O)C(Cc1ncnn1C)C(C)C. The van der Waals surface area contributed by atoms with Crippen LogP contribution in [0.15, 0.2) is 6.33 Å². The van der Waals surface area contributed by atoms with E-state index in [4.69, 9.17) is 0 Å². The van der Waals surface area contributed by atoms with Crippen LogP contribution in [0.25, 0.3) is 0 Å². The molecule has 1 aromatic rings. The van der Waals surface area contributed by atoms with Crippen molar-refractivity contribution >= 4 is 5.78 Å². The van der Waals surface area contributed by atoms with Crippen LogP contribution in [0.3, 0.4) is 0 Å². The second-order valence-electron chi connectivity index (χ2n) is 3.97. The first kappa shape index (κ1) is 10.9. The second-order valence-corrected chi connectivity index (χ2v) is 3.97. The molecular weight excluding hydrogens is 178 g/mol. The molecule has 4 heteroatoms. The molecule has 1 aromatic heterocycles. The van der Waals surface area contributed by atoms with Crippen LogP contribution < -0.4 is 0 Å². The van der Waals surface area contributed by atoms with Gasteiger partial charge in [0.1, 0.15) is 17.9 Å². The molecule has 0 N–H and O–H groups in total. The van der Waals surface area contributed by atoms with Crippen molar-refractivity contribution in [3.05, 3.63) is 12.2 Å². The third-order valence-electron chi connectivity index (χ3n) is 2.53. The van der Waals surface area contributed by atoms with Gasteiger partial charge in [0.15, 0.2) is 0 Å². The van der Waals surface area contributed by atoms with Gasteiger partial charge in [0.25, 0.3) is 0 Å². The van der Waals surface area contributed by atoms with E-state index >= 15 is 0 Å². The zero-order chi connectivity index (χ0) is 10.7. The van der Waals surface area contributed by atoms with Gasteiger partial charge >= 0.3 is 0 Å². The number of ketones is 1. The molecule has 0 bridgehead atoms. The minimum absolute atomic E-state index is 0.0536. The molecule has 14 heavy (non-hydrogen) atoms. The third kappa shape index (κ3) is 2.40. The molecule has 0 spiro atoms. The van der Waals surface area contributed by atoms with Gasteiger partial charge in [0.2, 0.25) is 0 Å². The van der Waals surface area contributed by atoms with E-state index in [1.165, 1.54) is 6.33 Å². The number of carbonyl (C=O) groups excluding carboxylic acids is 1. The maximum Gasteiger partial charge on any atom is 0.138 e. The van der Waals surface area contributed by atoms with Crippen LogP contribution in [0.4, 0.5) is 0 Å². The summed E-state index contributed by atoms with van der Waals surface area (Å²) in [5.41, 5.74) is 0. The van der Waals surface area contributed by atoms with Gasteiger partial charge in [-0.2, -0.15) is 5.10 Å². The first-order chi connectivity index (χ1) is 6.52. The molecule has 1 heterocycles. The normalized spacial score (nSPS) is 13.2. The van der Waals surface area contributed by atoms with Gasteiger partial charge in [-0.15, -0.1) is 0 Å². The Bertz CT molecular complexity index is 317. The molecule has 1 unspecified atom stereocenters. The van der Waals surface area contributed by atoms with Gasteiger partial charge < -0.3 is 0 Å². The highest BCUT2D eigenvalue weighted by atomic mass is 16.1. The van der Waals surface area contributed by atoms with Gasteiger partial charge in [0.05, 0.1) is 0 Å². The Morgan fingerprint density at radius 1 is 1.57 bits per heavy atom. The summed E-state index contributed by atoms with van der Waals surface area (Å²) in [7, 11) is 1.85. The first-order valence-corrected chi connectivity index (χ1v) is 4.85. The highest BCUT2D eigenvalue weighted by molar-refractivity contribution is 5.78. The Morgan fingerprint density at radius 2 is 2.21 bits per heavy atom. The molecule has 78 valence electrons. The summed E-state index contributed by atoms with van der Waals surface area (Å²) in [6.07, 6.45) is 2.20. The molecular formula is C10H17N3O. The van der Waals surface area contributed by atoms with Crippen LogP contribution in [0.2, 0.25) is 0 Å². The minimum atomic E-state index is 0.0536. The van der Waals surface area contributed by atoms with Crippen molar-refractivity contribution in [2.24, 2.45) is 18.9 Å². The van der Waals surface area contributed by atoms with Crippen molar-refractivity contribution in [1.82, 2.24) is 14.8 Å². The Hall–Kier alpha value is -1.19. The fourth-order valence-corrected chi connectivity index (χ4v) is 1.55. The molecule has 0 amide bonds. The van der Waals surface area contributed by atoms with E-state index in [2.05, 4.69) is 23.9 Å². The fourth-order valence-electron chi connectivity index (χ4n) is 1.55. The van der Waals surface area contributed by atoms with E-state index in [0.29, 0.717) is 12.3 Å². The van der Waals surface area contributed by atoms with E-state index in [1.807, 2.05) is 7.05 Å². The number of aryl methyl sites for hydroxylation is 1. The van der Waals surface area contributed by atoms with Crippen molar-refractivity contribution in [1.29, 1.82) is 0 Å². The van der Waals surface area contributed by atoms with Gasteiger partial charge in [-0.25, -0.2) is 4.98 Å². The number of hydrogen-bond acceptors (Lipinski definition) is 3. The number of hydrogen-bond donors (Lipinski definition) is 0. The smallest absolute Gasteiger partial charge is 0.138 e. The zero-order valence-electron chi connectivity index (χ0n) is 9.19. The molecule has 0 saturated heterocycles. The summed E-state index contributed by atoms with van der Waals surface area (Å²) in [5.74, 6) is 1.50. The molecule has 0 fully saturated rings. The molecule has 0 aliphatic heterocycles. The average Bonchev–Trinajstić information content (AvgIpc) is 2.46. The highest BCUT2D eigenvalue weighted by Crippen LogP contribution is 2.16. The van der Waals surface area contributed by atoms with Crippen LogP contribution >= 0.6 is 0 Å². The van der Waals surface area contributed by atoms with Crippen molar-refractivity contribution in [3.8, 4) is 0 Å². The minimum Gasteiger partial charge on any atom is -0.300 e. The van der Waals surface area contributed by atoms with Crippen molar-refractivity contribution < 1.29 is 4.79 Å². The summed E-state index contributed by atoms with van der Waals surface area (Å²) >= 11 is 0. The second kappa shape index (κ2) is 4.35. The van der Waals surface area contributed by atoms with Crippen molar-refractivity contribution in [3.63, 3.8) is 0 Å². The van der Waals surface area contributed by atoms with Crippen LogP contribution in [0.1, 0.15) is 26.6 Å². The van der Waals surface area contributed by atoms with Crippen LogP contribution in [-0.4, -0.2) is 20.5 Å². The predicted molar refractivity (Wildman–Crippen MR) is 53.7 cm³/mol. The lowest BCUT2D eigenvalue weighted by atomic mass is 9.89. The Kier molecular flexibility index (Phi) is 3.38. The number of Topliss-reactive ketones (excluding diaryl/α,β-unsaturated/α-hetero) is 1. The summed E-state index contributed by atoms with van der Waals surface area (Å²) in [4.78, 5) is 15.5. The summed E-state index contributed by atoms with van der Waals surface area (Å²) in [6.45, 7) is 5.76. The van der Waals surface area contributed by atoms with Gasteiger partial charge in [-0.1, -0.05) is 13.8 Å². The zero-order valence-corrected chi connectivity index (χ0v) is 9.19. The number of carbonyl (C=O) groups is 1. The first-order valence-electron chi connectivity index (χ1n) is 4.85. The Morgan fingerprint density at radius 3 is 2.57 bits per heavy atom. The van der Waals surface area contributed by atoms with E-state index in [-0.39, 0.29) is 11.7 Å². The maximum absolute atomic E-state index is 11.4. The lowest BCUT2D eigenvalue weighted by molar-refractivity contribution is -0.122. The highest BCUT2D eigenvalue weighted by Gasteiger charge is 2.20. The topological polar surface area (TPSA) is 47.8 Å². The van der Waals surface area contributed by atoms with Crippen molar-refractivity contribution in [2.45, 2.75) is 27.2 Å². The van der Waals surface area contributed by atoms with Crippen LogP contribution in [0, 0.1) is 11.8 Å². The lowest BCUT2D eigenvalue weighted by Crippen LogP contribution is -2.21. The molecule has 0 aliphatic carbocycles. The molecule has 1 atom stereocenters. The summed E-state index contributed by atoms with van der Waals surface area (Å²) < 4.78 is 1.72. The van der Waals surface area contributed by atoms with Gasteiger partial charge in [-0.05, 0) is 12.8 Å². The molecule has 0 saturated carbocycles. The standard InChI is InChI=1S/C10H17N3O/c1-7(2)9(8(3)14)5-10-11-6-12-13(10)4/h6-7,9H,5H2,1-4H3. The molecule has 0 aliphatic rings. The molecule has 1 rings (SSSR count). The largest absolute Gasteiger partial charge is 0.300 e. The lowest BCUT2D eigenvalue weighted by Gasteiger charge is -2.16. The van der Waals surface area contributed by atoms with E-state index in [0.717, 1.165) is 5.82 Å². The predicted octanol–water partition coefficient (Wildman–Crippen LogP) is 1.22. The van der Waals surface area contributed by atoms with Crippen LogP contribution in [0.5, 0.6) is 0 Å². The molecule has 0 aromatic carbocycles. The van der Waals surface area contributed by atoms with Gasteiger partial charge in [-0.3, -0.25) is 9.48 Å². The third-order valence-corrected chi connectivity index (χ3v) is 2.53. The monoisotopic (exact) mass is 195 g/mol. The quantitative estimate of drug-likeness (QED) is 0.725. The van der Waals surface area contributed by atoms with E-state index < -0.39 is 0 Å². The number of aromatic nitrogens is 3. The molecule has 4 nitrogen and oxygen atoms in total. The van der Waals surface area contributed by atoms with Crippen molar-refractivity contribution in [2.75, 3.05) is 0 Å². The maximum atomic E-state index is 11.4. The number of nitrogens with zero attached hydrogens (tertiary/aromatic N) is 3. The van der Waals surface area contributed by atoms with Crippen LogP contribution in [-0.2, 0) is 18.3 Å². The average molecular weight is 195 g/mol. The fraction of sp³-hybridized carbons (Fsp3) is 0.700. The summed E-state index contributed by atoms with van der Waals surface area (Å²) in [6, 6.07) is 0. The number of rotatable bonds is 4. The summed E-state index contributed by atoms with van der Waals surface area (Å²) in [5, 5.41) is 3.98. The van der Waals surface area contributed by atoms with E-state index in [1.54, 1.807) is 11.6 Å². The Labute approximate surface area is 84.3 Å². The van der Waals surface area contributed by atoms with Gasteiger partial charge in [0, 0.05) is 19.4 Å². The van der Waals surface area contributed by atoms with E-state index in [9.17, 15) is 4.79 Å². The molecule has 0 radical (unpaired) electrons.